The maximum atomic E-state index is 12.9. The van der Waals surface area contributed by atoms with Crippen LogP contribution in [0.25, 0.3) is 0 Å². The molecule has 30 heavy (non-hydrogen) atoms. The van der Waals surface area contributed by atoms with Gasteiger partial charge >= 0.3 is 0 Å². The Hall–Kier alpha value is -3.41. The highest BCUT2D eigenvalue weighted by Crippen LogP contribution is 2.25. The molecular formula is C24H25N5O. The highest BCUT2D eigenvalue weighted by atomic mass is 16.2. The standard InChI is InChI=1S/C24H25N5O/c1-2-9-28-10-7-19(15-28)23(30)29-11-8-22-20(16-29)14-25-24(27-22)26-21-12-17-5-3-4-6-18(17)13-21/h2-7,10,14-15,21H,1,8-9,11-13,16H2,(H,25,26,27). The fourth-order valence-electron chi connectivity index (χ4n) is 4.42. The molecule has 3 heterocycles. The molecule has 1 aromatic carbocycles. The van der Waals surface area contributed by atoms with Gasteiger partial charge in [-0.25, -0.2) is 9.97 Å². The maximum absolute atomic E-state index is 12.9. The van der Waals surface area contributed by atoms with Crippen molar-refractivity contribution in [2.24, 2.45) is 0 Å². The molecule has 6 heteroatoms. The van der Waals surface area contributed by atoms with Crippen molar-refractivity contribution in [2.45, 2.75) is 38.4 Å². The Labute approximate surface area is 176 Å². The van der Waals surface area contributed by atoms with E-state index in [1.807, 2.05) is 40.2 Å². The molecule has 0 fully saturated rings. The zero-order chi connectivity index (χ0) is 20.5. The van der Waals surface area contributed by atoms with Crippen molar-refractivity contribution < 1.29 is 4.79 Å². The van der Waals surface area contributed by atoms with Gasteiger partial charge in [0.1, 0.15) is 0 Å². The molecule has 0 unspecified atom stereocenters. The van der Waals surface area contributed by atoms with Crippen LogP contribution in [0.1, 0.15) is 32.7 Å². The SMILES string of the molecule is C=CCn1ccc(C(=O)N2CCc3nc(NC4Cc5ccccc5C4)ncc3C2)c1. The summed E-state index contributed by atoms with van der Waals surface area (Å²) in [5, 5.41) is 3.50. The first-order valence-corrected chi connectivity index (χ1v) is 10.4. The van der Waals surface area contributed by atoms with Crippen molar-refractivity contribution in [1.82, 2.24) is 19.4 Å². The molecule has 1 aliphatic heterocycles. The van der Waals surface area contributed by atoms with Crippen LogP contribution in [0.2, 0.25) is 0 Å². The van der Waals surface area contributed by atoms with Crippen LogP contribution in [0.5, 0.6) is 0 Å². The lowest BCUT2D eigenvalue weighted by Crippen LogP contribution is -2.36. The van der Waals surface area contributed by atoms with Crippen molar-refractivity contribution in [2.75, 3.05) is 11.9 Å². The number of allylic oxidation sites excluding steroid dienone is 1. The van der Waals surface area contributed by atoms with Crippen molar-refractivity contribution >= 4 is 11.9 Å². The Morgan fingerprint density at radius 1 is 1.20 bits per heavy atom. The number of amides is 1. The second-order valence-corrected chi connectivity index (χ2v) is 8.05. The molecule has 0 atom stereocenters. The van der Waals surface area contributed by atoms with E-state index in [1.54, 1.807) is 0 Å². The monoisotopic (exact) mass is 399 g/mol. The normalized spacial score (nSPS) is 15.5. The van der Waals surface area contributed by atoms with E-state index < -0.39 is 0 Å². The summed E-state index contributed by atoms with van der Waals surface area (Å²) in [6.45, 7) is 5.66. The van der Waals surface area contributed by atoms with E-state index in [4.69, 9.17) is 4.98 Å². The number of carbonyl (C=O) groups is 1. The lowest BCUT2D eigenvalue weighted by Gasteiger charge is -2.28. The number of hydrogen-bond acceptors (Lipinski definition) is 4. The van der Waals surface area contributed by atoms with Gasteiger partial charge in [-0.05, 0) is 30.0 Å². The molecule has 6 nitrogen and oxygen atoms in total. The minimum atomic E-state index is 0.0504. The number of fused-ring (bicyclic) bond motifs is 2. The van der Waals surface area contributed by atoms with Gasteiger partial charge in [-0.1, -0.05) is 30.3 Å². The van der Waals surface area contributed by atoms with E-state index in [0.717, 1.165) is 30.5 Å². The molecule has 1 aliphatic carbocycles. The summed E-state index contributed by atoms with van der Waals surface area (Å²) < 4.78 is 1.96. The van der Waals surface area contributed by atoms with Crippen LogP contribution in [-0.4, -0.2) is 37.9 Å². The summed E-state index contributed by atoms with van der Waals surface area (Å²) >= 11 is 0. The lowest BCUT2D eigenvalue weighted by atomic mass is 10.1. The largest absolute Gasteiger partial charge is 0.351 e. The van der Waals surface area contributed by atoms with E-state index in [1.165, 1.54) is 11.1 Å². The van der Waals surface area contributed by atoms with E-state index in [9.17, 15) is 4.79 Å². The third-order valence-corrected chi connectivity index (χ3v) is 5.94. The van der Waals surface area contributed by atoms with Crippen molar-refractivity contribution in [3.8, 4) is 0 Å². The molecule has 3 aromatic rings. The van der Waals surface area contributed by atoms with Crippen LogP contribution in [0.4, 0.5) is 5.95 Å². The zero-order valence-corrected chi connectivity index (χ0v) is 16.9. The molecule has 1 N–H and O–H groups in total. The molecule has 2 aliphatic rings. The summed E-state index contributed by atoms with van der Waals surface area (Å²) in [4.78, 5) is 24.0. The smallest absolute Gasteiger partial charge is 0.255 e. The van der Waals surface area contributed by atoms with Crippen molar-refractivity contribution in [3.63, 3.8) is 0 Å². The average molecular weight is 399 g/mol. The molecule has 0 saturated heterocycles. The molecule has 2 aromatic heterocycles. The first kappa shape index (κ1) is 18.6. The lowest BCUT2D eigenvalue weighted by molar-refractivity contribution is 0.0733. The summed E-state index contributed by atoms with van der Waals surface area (Å²) in [6.07, 6.45) is 10.2. The topological polar surface area (TPSA) is 63.1 Å². The minimum Gasteiger partial charge on any atom is -0.351 e. The highest BCUT2D eigenvalue weighted by molar-refractivity contribution is 5.94. The third kappa shape index (κ3) is 3.61. The number of rotatable bonds is 5. The second kappa shape index (κ2) is 7.78. The Kier molecular flexibility index (Phi) is 4.83. The number of aromatic nitrogens is 3. The number of hydrogen-bond donors (Lipinski definition) is 1. The molecule has 0 spiro atoms. The van der Waals surface area contributed by atoms with Crippen LogP contribution < -0.4 is 5.32 Å². The molecule has 0 radical (unpaired) electrons. The van der Waals surface area contributed by atoms with Crippen LogP contribution in [0.15, 0.2) is 61.6 Å². The number of anilines is 1. The van der Waals surface area contributed by atoms with Gasteiger partial charge in [0.05, 0.1) is 11.3 Å². The quantitative estimate of drug-likeness (QED) is 0.669. The molecule has 152 valence electrons. The number of nitrogens with one attached hydrogen (secondary N) is 1. The Bertz CT molecular complexity index is 1080. The fourth-order valence-corrected chi connectivity index (χ4v) is 4.42. The van der Waals surface area contributed by atoms with E-state index >= 15 is 0 Å². The van der Waals surface area contributed by atoms with Crippen LogP contribution in [-0.2, 0) is 32.4 Å². The molecule has 5 rings (SSSR count). The summed E-state index contributed by atoms with van der Waals surface area (Å²) in [7, 11) is 0. The summed E-state index contributed by atoms with van der Waals surface area (Å²) in [5.74, 6) is 0.738. The molecule has 1 amide bonds. The number of carbonyl (C=O) groups excluding carboxylic acids is 1. The van der Waals surface area contributed by atoms with Gasteiger partial charge in [-0.15, -0.1) is 6.58 Å². The Morgan fingerprint density at radius 2 is 2.00 bits per heavy atom. The van der Waals surface area contributed by atoms with Crippen molar-refractivity contribution in [1.29, 1.82) is 0 Å². The van der Waals surface area contributed by atoms with E-state index in [-0.39, 0.29) is 5.91 Å². The third-order valence-electron chi connectivity index (χ3n) is 5.94. The van der Waals surface area contributed by atoms with Gasteiger partial charge in [0.2, 0.25) is 5.95 Å². The molecular weight excluding hydrogens is 374 g/mol. The first-order chi connectivity index (χ1) is 14.7. The second-order valence-electron chi connectivity index (χ2n) is 8.05. The Morgan fingerprint density at radius 3 is 2.77 bits per heavy atom. The Balaban J connectivity index is 1.24. The van der Waals surface area contributed by atoms with Gasteiger partial charge in [0.15, 0.2) is 0 Å². The summed E-state index contributed by atoms with van der Waals surface area (Å²) in [5.41, 5.74) is 5.59. The van der Waals surface area contributed by atoms with E-state index in [0.29, 0.717) is 37.2 Å². The zero-order valence-electron chi connectivity index (χ0n) is 16.9. The van der Waals surface area contributed by atoms with Gasteiger partial charge < -0.3 is 14.8 Å². The van der Waals surface area contributed by atoms with Gasteiger partial charge in [0.25, 0.3) is 5.91 Å². The predicted octanol–water partition coefficient (Wildman–Crippen LogP) is 3.24. The summed E-state index contributed by atoms with van der Waals surface area (Å²) in [6, 6.07) is 10.8. The fraction of sp³-hybridized carbons (Fsp3) is 0.292. The van der Waals surface area contributed by atoms with Crippen LogP contribution in [0, 0.1) is 0 Å². The number of nitrogens with zero attached hydrogens (tertiary/aromatic N) is 4. The average Bonchev–Trinajstić information content (AvgIpc) is 3.39. The maximum Gasteiger partial charge on any atom is 0.255 e. The van der Waals surface area contributed by atoms with Crippen LogP contribution in [0.3, 0.4) is 0 Å². The predicted molar refractivity (Wildman–Crippen MR) is 116 cm³/mol. The minimum absolute atomic E-state index is 0.0504. The van der Waals surface area contributed by atoms with Gasteiger partial charge in [0, 0.05) is 56.3 Å². The van der Waals surface area contributed by atoms with Crippen LogP contribution >= 0.6 is 0 Å². The highest BCUT2D eigenvalue weighted by Gasteiger charge is 2.25. The molecule has 0 bridgehead atoms. The number of benzene rings is 1. The first-order valence-electron chi connectivity index (χ1n) is 10.4. The van der Waals surface area contributed by atoms with Gasteiger partial charge in [-0.3, -0.25) is 4.79 Å². The van der Waals surface area contributed by atoms with E-state index in [2.05, 4.69) is 41.1 Å². The molecule has 0 saturated carbocycles. The van der Waals surface area contributed by atoms with Crippen molar-refractivity contribution in [3.05, 3.63) is 89.5 Å². The van der Waals surface area contributed by atoms with Gasteiger partial charge in [-0.2, -0.15) is 0 Å².